The zero-order valence-corrected chi connectivity index (χ0v) is 22.2. The smallest absolute Gasteiger partial charge is 0.331 e. The highest BCUT2D eigenvalue weighted by atomic mass is 32.2. The van der Waals surface area contributed by atoms with E-state index < -0.39 is 21.8 Å². The van der Waals surface area contributed by atoms with Gasteiger partial charge in [-0.2, -0.15) is 13.2 Å². The number of hydrogen-bond donors (Lipinski definition) is 2. The number of fused-ring (bicyclic) bond motifs is 1. The zero-order valence-electron chi connectivity index (χ0n) is 20.6. The summed E-state index contributed by atoms with van der Waals surface area (Å²) in [7, 11) is -2.34. The fourth-order valence-corrected chi connectivity index (χ4v) is 5.28. The van der Waals surface area contributed by atoms with E-state index in [1.165, 1.54) is 17.4 Å². The lowest BCUT2D eigenvalue weighted by atomic mass is 10.1. The first-order chi connectivity index (χ1) is 18.4. The molecular formula is C26H21F3N6O2S2. The molecule has 13 heteroatoms. The van der Waals surface area contributed by atoms with E-state index in [1.807, 2.05) is 30.5 Å². The third-order valence-corrected chi connectivity index (χ3v) is 7.66. The normalized spacial score (nSPS) is 12.0. The number of nitrogens with one attached hydrogen (secondary N) is 2. The maximum atomic E-state index is 13.7. The molecule has 2 aromatic carbocycles. The maximum absolute atomic E-state index is 13.7. The minimum atomic E-state index is -4.70. The first-order valence-corrected chi connectivity index (χ1v) is 13.8. The lowest BCUT2D eigenvalue weighted by Crippen LogP contribution is -2.11. The minimum absolute atomic E-state index is 0.0966. The molecule has 5 aromatic rings. The predicted octanol–water partition coefficient (Wildman–Crippen LogP) is 6.71. The maximum Gasteiger partial charge on any atom is 0.416 e. The van der Waals surface area contributed by atoms with Gasteiger partial charge in [0.1, 0.15) is 5.82 Å². The molecule has 0 atom stereocenters. The van der Waals surface area contributed by atoms with Crippen molar-refractivity contribution in [1.29, 1.82) is 0 Å². The number of anilines is 3. The van der Waals surface area contributed by atoms with Crippen LogP contribution in [0.25, 0.3) is 33.7 Å². The Bertz CT molecular complexity index is 1810. The molecule has 0 spiro atoms. The van der Waals surface area contributed by atoms with Crippen molar-refractivity contribution in [2.24, 2.45) is 7.05 Å². The van der Waals surface area contributed by atoms with Crippen LogP contribution in [0.3, 0.4) is 0 Å². The van der Waals surface area contributed by atoms with E-state index in [0.29, 0.717) is 21.6 Å². The van der Waals surface area contributed by atoms with Gasteiger partial charge in [0.05, 0.1) is 28.0 Å². The number of sulfonamides is 1. The summed E-state index contributed by atoms with van der Waals surface area (Å²) >= 11 is 1.43. The molecule has 5 rings (SSSR count). The van der Waals surface area contributed by atoms with Crippen LogP contribution in [-0.4, -0.2) is 27.9 Å². The second-order valence-corrected chi connectivity index (χ2v) is 11.1. The largest absolute Gasteiger partial charge is 0.416 e. The van der Waals surface area contributed by atoms with E-state index in [9.17, 15) is 21.6 Å². The summed E-state index contributed by atoms with van der Waals surface area (Å²) < 4.78 is 68.7. The topological polar surface area (TPSA) is 102 Å². The van der Waals surface area contributed by atoms with Gasteiger partial charge in [-0.3, -0.25) is 9.71 Å². The molecule has 0 radical (unpaired) electrons. The van der Waals surface area contributed by atoms with Crippen molar-refractivity contribution in [2.45, 2.75) is 13.1 Å². The van der Waals surface area contributed by atoms with Crippen molar-refractivity contribution < 1.29 is 21.6 Å². The molecule has 8 nitrogen and oxygen atoms in total. The van der Waals surface area contributed by atoms with Crippen LogP contribution in [0.2, 0.25) is 0 Å². The van der Waals surface area contributed by atoms with Crippen LogP contribution in [0.4, 0.5) is 29.7 Å². The van der Waals surface area contributed by atoms with Crippen molar-refractivity contribution in [2.75, 3.05) is 10.0 Å². The van der Waals surface area contributed by atoms with Crippen LogP contribution in [0, 0.1) is 6.92 Å². The Kier molecular flexibility index (Phi) is 6.64. The Balaban J connectivity index is 1.54. The number of pyridine rings is 1. The number of aromatic nitrogens is 4. The Hall–Kier alpha value is -4.23. The van der Waals surface area contributed by atoms with Crippen LogP contribution >= 0.6 is 11.3 Å². The lowest BCUT2D eigenvalue weighted by Gasteiger charge is -2.13. The summed E-state index contributed by atoms with van der Waals surface area (Å²) in [4.78, 5) is 13.2. The molecule has 0 fully saturated rings. The molecule has 0 saturated heterocycles. The molecule has 2 N–H and O–H groups in total. The summed E-state index contributed by atoms with van der Waals surface area (Å²) in [5, 5.41) is 6.52. The summed E-state index contributed by atoms with van der Waals surface area (Å²) in [5.41, 5.74) is 3.42. The number of benzene rings is 2. The molecule has 0 bridgehead atoms. The standard InChI is InChI=1S/C26H21F3N6O2S2/c1-4-39(36,37)34-19-11-17(10-18(12-19)26(27,28)29)24-31-21-13-20(15(2)9-23(21)35(24)3)32-25-33-22(14-38-25)16-5-7-30-8-6-16/h4-14,34H,1H2,2-3H3,(H,32,33). The Morgan fingerprint density at radius 2 is 1.79 bits per heavy atom. The van der Waals surface area contributed by atoms with Gasteiger partial charge >= 0.3 is 6.18 Å². The van der Waals surface area contributed by atoms with Crippen molar-refractivity contribution >= 4 is 48.9 Å². The summed E-state index contributed by atoms with van der Waals surface area (Å²) in [6.45, 7) is 5.09. The number of halogens is 3. The van der Waals surface area contributed by atoms with Crippen LogP contribution in [0.1, 0.15) is 11.1 Å². The molecule has 0 aliphatic heterocycles. The molecule has 0 amide bonds. The molecule has 0 aliphatic rings. The van der Waals surface area contributed by atoms with E-state index in [0.717, 1.165) is 34.6 Å². The second kappa shape index (κ2) is 9.82. The van der Waals surface area contributed by atoms with Crippen LogP contribution < -0.4 is 10.0 Å². The van der Waals surface area contributed by atoms with E-state index in [2.05, 4.69) is 31.6 Å². The third kappa shape index (κ3) is 5.49. The average molecular weight is 571 g/mol. The summed E-state index contributed by atoms with van der Waals surface area (Å²) in [6, 6.07) is 10.4. The fourth-order valence-electron chi connectivity index (χ4n) is 4.02. The number of alkyl halides is 3. The summed E-state index contributed by atoms with van der Waals surface area (Å²) in [5.74, 6) is 0.237. The van der Waals surface area contributed by atoms with Gasteiger partial charge in [-0.15, -0.1) is 11.3 Å². The number of thiazole rings is 1. The number of rotatable bonds is 7. The lowest BCUT2D eigenvalue weighted by molar-refractivity contribution is -0.137. The van der Waals surface area contributed by atoms with E-state index in [1.54, 1.807) is 30.1 Å². The molecule has 200 valence electrons. The van der Waals surface area contributed by atoms with Gasteiger partial charge < -0.3 is 9.88 Å². The first kappa shape index (κ1) is 26.4. The number of nitrogens with zero attached hydrogens (tertiary/aromatic N) is 4. The molecule has 39 heavy (non-hydrogen) atoms. The molecule has 3 aromatic heterocycles. The van der Waals surface area contributed by atoms with Crippen LogP contribution in [0.5, 0.6) is 0 Å². The molecule has 3 heterocycles. The number of imidazole rings is 1. The number of hydrogen-bond acceptors (Lipinski definition) is 7. The van der Waals surface area contributed by atoms with E-state index in [4.69, 9.17) is 0 Å². The van der Waals surface area contributed by atoms with Crippen LogP contribution in [-0.2, 0) is 23.2 Å². The third-order valence-electron chi connectivity index (χ3n) is 5.95. The van der Waals surface area contributed by atoms with E-state index >= 15 is 0 Å². The number of aryl methyl sites for hydroxylation is 2. The first-order valence-electron chi connectivity index (χ1n) is 11.4. The van der Waals surface area contributed by atoms with Gasteiger partial charge in [-0.05, 0) is 55.0 Å². The molecule has 0 aliphatic carbocycles. The molecule has 0 unspecified atom stereocenters. The quantitative estimate of drug-likeness (QED) is 0.225. The highest BCUT2D eigenvalue weighted by Crippen LogP contribution is 2.37. The predicted molar refractivity (Wildman–Crippen MR) is 147 cm³/mol. The Labute approximate surface area is 225 Å². The van der Waals surface area contributed by atoms with Gasteiger partial charge in [-0.1, -0.05) is 6.58 Å². The van der Waals surface area contributed by atoms with Gasteiger partial charge in [0, 0.05) is 47.0 Å². The van der Waals surface area contributed by atoms with E-state index in [-0.39, 0.29) is 17.1 Å². The van der Waals surface area contributed by atoms with Gasteiger partial charge in [0.2, 0.25) is 0 Å². The fraction of sp³-hybridized carbons (Fsp3) is 0.115. The molecule has 0 saturated carbocycles. The summed E-state index contributed by atoms with van der Waals surface area (Å²) in [6.07, 6.45) is -1.31. The van der Waals surface area contributed by atoms with Gasteiger partial charge in [0.25, 0.3) is 10.0 Å². The Morgan fingerprint density at radius 3 is 2.49 bits per heavy atom. The van der Waals surface area contributed by atoms with Crippen molar-refractivity contribution in [1.82, 2.24) is 19.5 Å². The van der Waals surface area contributed by atoms with Crippen molar-refractivity contribution in [3.8, 4) is 22.6 Å². The van der Waals surface area contributed by atoms with Crippen LogP contribution in [0.15, 0.2) is 72.2 Å². The van der Waals surface area contributed by atoms with Gasteiger partial charge in [-0.25, -0.2) is 18.4 Å². The highest BCUT2D eigenvalue weighted by molar-refractivity contribution is 7.95. The minimum Gasteiger partial charge on any atom is -0.331 e. The second-order valence-electron chi connectivity index (χ2n) is 8.66. The van der Waals surface area contributed by atoms with Crippen molar-refractivity contribution in [3.05, 3.63) is 83.4 Å². The molecular weight excluding hydrogens is 549 g/mol. The van der Waals surface area contributed by atoms with Crippen molar-refractivity contribution in [3.63, 3.8) is 0 Å². The zero-order chi connectivity index (χ0) is 27.9. The van der Waals surface area contributed by atoms with Gasteiger partial charge in [0.15, 0.2) is 5.13 Å². The SMILES string of the molecule is C=CS(=O)(=O)Nc1cc(-c2nc3cc(Nc4nc(-c5ccncc5)cs4)c(C)cc3n2C)cc(C(F)(F)F)c1. The average Bonchev–Trinajstić information content (AvgIpc) is 3.48. The monoisotopic (exact) mass is 570 g/mol. The highest BCUT2D eigenvalue weighted by Gasteiger charge is 2.32. The Morgan fingerprint density at radius 1 is 1.05 bits per heavy atom.